The smallest absolute Gasteiger partial charge is 0.0737 e. The molecular weight excluding hydrogens is 354 g/mol. The van der Waals surface area contributed by atoms with Crippen LogP contribution in [0.15, 0.2) is 11.6 Å². The Labute approximate surface area is 178 Å². The Balaban J connectivity index is 1.30. The molecule has 0 aromatic heterocycles. The number of hydrogen-bond donors (Lipinski definition) is 1. The molecule has 0 aromatic rings. The number of hydrogen-bond acceptors (Lipinski definition) is 2. The SMILES string of the molecule is CC1CCC2(C)C(=CCC3C4CCC5(CC6NCCCC6O5)C(C)C4C(C)C32)C1. The summed E-state index contributed by atoms with van der Waals surface area (Å²) in [6, 6.07) is 0.632. The van der Waals surface area contributed by atoms with Gasteiger partial charge in [-0.2, -0.15) is 0 Å². The molecule has 2 saturated heterocycles. The number of rotatable bonds is 0. The lowest BCUT2D eigenvalue weighted by molar-refractivity contribution is -0.131. The predicted molar refractivity (Wildman–Crippen MR) is 119 cm³/mol. The van der Waals surface area contributed by atoms with Crippen LogP contribution in [-0.4, -0.2) is 24.3 Å². The van der Waals surface area contributed by atoms with E-state index in [0.29, 0.717) is 17.6 Å². The van der Waals surface area contributed by atoms with Crippen LogP contribution in [0.5, 0.6) is 0 Å². The van der Waals surface area contributed by atoms with E-state index < -0.39 is 0 Å². The Hall–Kier alpha value is -0.340. The van der Waals surface area contributed by atoms with Gasteiger partial charge in [-0.1, -0.05) is 39.3 Å². The minimum absolute atomic E-state index is 0.174. The molecule has 0 aromatic carbocycles. The van der Waals surface area contributed by atoms with E-state index in [2.05, 4.69) is 39.1 Å². The van der Waals surface area contributed by atoms with Gasteiger partial charge in [0, 0.05) is 6.04 Å². The lowest BCUT2D eigenvalue weighted by Crippen LogP contribution is -2.48. The normalized spacial score (nSPS) is 58.9. The van der Waals surface area contributed by atoms with E-state index in [0.717, 1.165) is 41.4 Å². The van der Waals surface area contributed by atoms with Gasteiger partial charge in [0.05, 0.1) is 11.7 Å². The molecule has 2 heteroatoms. The number of nitrogens with one attached hydrogen (secondary N) is 1. The monoisotopic (exact) mass is 397 g/mol. The van der Waals surface area contributed by atoms with Crippen molar-refractivity contribution >= 4 is 0 Å². The van der Waals surface area contributed by atoms with Crippen LogP contribution in [0.4, 0.5) is 0 Å². The third-order valence-corrected chi connectivity index (χ3v) is 11.3. The largest absolute Gasteiger partial charge is 0.370 e. The summed E-state index contributed by atoms with van der Waals surface area (Å²) in [7, 11) is 0. The molecule has 2 nitrogen and oxygen atoms in total. The molecule has 1 spiro atoms. The van der Waals surface area contributed by atoms with Gasteiger partial charge in [-0.05, 0) is 111 Å². The molecule has 5 fully saturated rings. The molecule has 1 N–H and O–H groups in total. The first kappa shape index (κ1) is 19.4. The maximum absolute atomic E-state index is 6.99. The van der Waals surface area contributed by atoms with Gasteiger partial charge >= 0.3 is 0 Å². The molecule has 6 aliphatic rings. The van der Waals surface area contributed by atoms with Gasteiger partial charge in [0.15, 0.2) is 0 Å². The van der Waals surface area contributed by atoms with Crippen LogP contribution in [0.25, 0.3) is 0 Å². The molecular formula is C27H43NO. The van der Waals surface area contributed by atoms with E-state index in [4.69, 9.17) is 4.74 Å². The zero-order valence-electron chi connectivity index (χ0n) is 19.3. The maximum Gasteiger partial charge on any atom is 0.0737 e. The third kappa shape index (κ3) is 2.60. The highest BCUT2D eigenvalue weighted by molar-refractivity contribution is 5.26. The Morgan fingerprint density at radius 1 is 1.07 bits per heavy atom. The number of fused-ring (bicyclic) bond motifs is 6. The minimum atomic E-state index is 0.174. The predicted octanol–water partition coefficient (Wildman–Crippen LogP) is 5.97. The van der Waals surface area contributed by atoms with Crippen LogP contribution in [-0.2, 0) is 4.74 Å². The molecule has 0 bridgehead atoms. The average Bonchev–Trinajstić information content (AvgIpc) is 3.22. The van der Waals surface area contributed by atoms with Crippen molar-refractivity contribution in [1.82, 2.24) is 5.32 Å². The number of ether oxygens (including phenoxy) is 1. The summed E-state index contributed by atoms with van der Waals surface area (Å²) in [5.74, 6) is 6.17. The fourth-order valence-corrected chi connectivity index (χ4v) is 10.0. The van der Waals surface area contributed by atoms with Gasteiger partial charge in [-0.15, -0.1) is 0 Å². The molecule has 11 unspecified atom stereocenters. The van der Waals surface area contributed by atoms with Crippen LogP contribution in [0.3, 0.4) is 0 Å². The molecule has 3 saturated carbocycles. The molecule has 0 amide bonds. The van der Waals surface area contributed by atoms with Crippen LogP contribution >= 0.6 is 0 Å². The highest BCUT2D eigenvalue weighted by Gasteiger charge is 2.64. The van der Waals surface area contributed by atoms with Crippen molar-refractivity contribution in [3.63, 3.8) is 0 Å². The van der Waals surface area contributed by atoms with E-state index >= 15 is 0 Å². The third-order valence-electron chi connectivity index (χ3n) is 11.3. The Kier molecular flexibility index (Phi) is 4.39. The first-order valence-corrected chi connectivity index (χ1v) is 13.0. The lowest BCUT2D eigenvalue weighted by atomic mass is 9.54. The van der Waals surface area contributed by atoms with Crippen LogP contribution in [0.1, 0.15) is 85.5 Å². The molecule has 4 aliphatic carbocycles. The van der Waals surface area contributed by atoms with Crippen molar-refractivity contribution in [1.29, 1.82) is 0 Å². The molecule has 2 aliphatic heterocycles. The number of piperidine rings is 1. The van der Waals surface area contributed by atoms with Crippen LogP contribution < -0.4 is 5.32 Å². The molecule has 11 atom stereocenters. The summed E-state index contributed by atoms with van der Waals surface area (Å²) >= 11 is 0. The van der Waals surface area contributed by atoms with Crippen molar-refractivity contribution in [2.45, 2.75) is 103 Å². The highest BCUT2D eigenvalue weighted by atomic mass is 16.5. The average molecular weight is 398 g/mol. The highest BCUT2D eigenvalue weighted by Crippen LogP contribution is 2.68. The van der Waals surface area contributed by atoms with Crippen molar-refractivity contribution in [3.05, 3.63) is 11.6 Å². The van der Waals surface area contributed by atoms with Crippen molar-refractivity contribution in [3.8, 4) is 0 Å². The first-order chi connectivity index (χ1) is 13.9. The van der Waals surface area contributed by atoms with Gasteiger partial charge in [0.25, 0.3) is 0 Å². The summed E-state index contributed by atoms with van der Waals surface area (Å²) in [5.41, 5.74) is 2.51. The Morgan fingerprint density at radius 2 is 1.93 bits per heavy atom. The Morgan fingerprint density at radius 3 is 2.76 bits per heavy atom. The van der Waals surface area contributed by atoms with Crippen LogP contribution in [0.2, 0.25) is 0 Å². The topological polar surface area (TPSA) is 21.3 Å². The van der Waals surface area contributed by atoms with Crippen molar-refractivity contribution < 1.29 is 4.74 Å². The van der Waals surface area contributed by atoms with E-state index in [1.54, 1.807) is 0 Å². The fourth-order valence-electron chi connectivity index (χ4n) is 10.0. The maximum atomic E-state index is 6.99. The summed E-state index contributed by atoms with van der Waals surface area (Å²) < 4.78 is 6.99. The lowest BCUT2D eigenvalue weighted by Gasteiger charge is -2.50. The van der Waals surface area contributed by atoms with Gasteiger partial charge in [0.1, 0.15) is 0 Å². The van der Waals surface area contributed by atoms with E-state index in [9.17, 15) is 0 Å². The summed E-state index contributed by atoms with van der Waals surface area (Å²) in [4.78, 5) is 0. The van der Waals surface area contributed by atoms with E-state index in [1.807, 2.05) is 5.57 Å². The summed E-state index contributed by atoms with van der Waals surface area (Å²) in [6.45, 7) is 11.6. The van der Waals surface area contributed by atoms with Crippen molar-refractivity contribution in [2.24, 2.45) is 46.8 Å². The van der Waals surface area contributed by atoms with E-state index in [1.165, 1.54) is 64.3 Å². The second-order valence-electron chi connectivity index (χ2n) is 12.5. The molecule has 0 radical (unpaired) electrons. The standard InChI is InChI=1S/C27H43NO/c1-16-9-11-26(4)19(14-16)7-8-21-20-10-12-27(18(3)24(20)17(2)25(21)26)15-22-23(29-27)6-5-13-28-22/h7,16-18,20-25,28H,5-6,8-15H2,1-4H3. The molecule has 6 rings (SSSR count). The molecule has 29 heavy (non-hydrogen) atoms. The van der Waals surface area contributed by atoms with Gasteiger partial charge in [-0.25, -0.2) is 0 Å². The van der Waals surface area contributed by atoms with Gasteiger partial charge < -0.3 is 10.1 Å². The summed E-state index contributed by atoms with van der Waals surface area (Å²) in [5, 5.41) is 3.81. The molecule has 2 heterocycles. The fraction of sp³-hybridized carbons (Fsp3) is 0.926. The molecule has 162 valence electrons. The quantitative estimate of drug-likeness (QED) is 0.509. The minimum Gasteiger partial charge on any atom is -0.370 e. The van der Waals surface area contributed by atoms with Crippen LogP contribution in [0, 0.1) is 46.8 Å². The Bertz CT molecular complexity index is 685. The summed E-state index contributed by atoms with van der Waals surface area (Å²) in [6.07, 6.45) is 15.5. The first-order valence-electron chi connectivity index (χ1n) is 13.0. The number of allylic oxidation sites excluding steroid dienone is 2. The zero-order chi connectivity index (χ0) is 20.0. The second-order valence-corrected chi connectivity index (χ2v) is 12.5. The van der Waals surface area contributed by atoms with Gasteiger partial charge in [0.2, 0.25) is 0 Å². The zero-order valence-corrected chi connectivity index (χ0v) is 19.3. The van der Waals surface area contributed by atoms with Crippen molar-refractivity contribution in [2.75, 3.05) is 6.54 Å². The van der Waals surface area contributed by atoms with Gasteiger partial charge in [-0.3, -0.25) is 0 Å². The second kappa shape index (κ2) is 6.58. The van der Waals surface area contributed by atoms with E-state index in [-0.39, 0.29) is 5.60 Å².